The van der Waals surface area contributed by atoms with E-state index < -0.39 is 10.4 Å². The van der Waals surface area contributed by atoms with Crippen molar-refractivity contribution < 1.29 is 22.1 Å². The van der Waals surface area contributed by atoms with E-state index in [1.165, 1.54) is 19.3 Å². The van der Waals surface area contributed by atoms with Crippen LogP contribution in [0.2, 0.25) is 0 Å². The summed E-state index contributed by atoms with van der Waals surface area (Å²) in [5.74, 6) is 0. The molecule has 7 heteroatoms. The molecule has 0 spiro atoms. The van der Waals surface area contributed by atoms with Gasteiger partial charge >= 0.3 is 0 Å². The summed E-state index contributed by atoms with van der Waals surface area (Å²) < 4.78 is 37.1. The van der Waals surface area contributed by atoms with Crippen LogP contribution in [-0.4, -0.2) is 22.1 Å². The Morgan fingerprint density at radius 3 is 2.38 bits per heavy atom. The molecule has 1 rings (SSSR count). The molecule has 16 heavy (non-hydrogen) atoms. The van der Waals surface area contributed by atoms with Crippen molar-refractivity contribution in [2.24, 2.45) is 7.05 Å². The molecule has 0 amide bonds. The fourth-order valence-corrected chi connectivity index (χ4v) is 1.18. The van der Waals surface area contributed by atoms with E-state index in [0.717, 1.165) is 6.54 Å². The van der Waals surface area contributed by atoms with Gasteiger partial charge in [0.25, 0.3) is 0 Å². The first kappa shape index (κ1) is 15.1. The first-order valence-electron chi connectivity index (χ1n) is 5.02. The Labute approximate surface area is 96.1 Å². The lowest BCUT2D eigenvalue weighted by molar-refractivity contribution is -0.671. The lowest BCUT2D eigenvalue weighted by atomic mass is 10.2. The van der Waals surface area contributed by atoms with Crippen molar-refractivity contribution in [3.63, 3.8) is 0 Å². The molecule has 0 atom stereocenters. The highest BCUT2D eigenvalue weighted by Crippen LogP contribution is 1.96. The van der Waals surface area contributed by atoms with Gasteiger partial charge in [0.1, 0.15) is 12.4 Å². The summed E-state index contributed by atoms with van der Waals surface area (Å²) in [6.45, 7) is 3.39. The molecule has 1 aromatic heterocycles. The van der Waals surface area contributed by atoms with Gasteiger partial charge < -0.3 is 4.55 Å². The largest absolute Gasteiger partial charge is 0.726 e. The molecule has 0 radical (unpaired) electrons. The Balaban J connectivity index is 0.000000385. The maximum absolute atomic E-state index is 8.63. The molecule has 0 aliphatic carbocycles. The van der Waals surface area contributed by atoms with E-state index in [1.54, 1.807) is 0 Å². The standard InChI is InChI=1S/C9H17N2.H2O4S/c1-3-4-5-6-11-8-7-10(2)9-11;1-5(2,3)4/h7-9H,3-6H2,1-2H3;(H2,1,2,3,4)/q+1;/p-1. The van der Waals surface area contributed by atoms with Crippen LogP contribution in [0.4, 0.5) is 0 Å². The van der Waals surface area contributed by atoms with Crippen LogP contribution >= 0.6 is 0 Å². The zero-order valence-corrected chi connectivity index (χ0v) is 10.4. The summed E-state index contributed by atoms with van der Waals surface area (Å²) >= 11 is 0. The molecule has 0 unspecified atom stereocenters. The summed E-state index contributed by atoms with van der Waals surface area (Å²) in [7, 11) is -2.86. The Bertz CT molecular complexity index is 378. The highest BCUT2D eigenvalue weighted by atomic mass is 32.3. The van der Waals surface area contributed by atoms with Crippen LogP contribution in [0.1, 0.15) is 26.2 Å². The summed E-state index contributed by atoms with van der Waals surface area (Å²) in [4.78, 5) is 0. The number of nitrogens with zero attached hydrogens (tertiary/aromatic N) is 2. The topological polar surface area (TPSA) is 86.2 Å². The zero-order valence-electron chi connectivity index (χ0n) is 9.54. The van der Waals surface area contributed by atoms with Crippen molar-refractivity contribution in [3.05, 3.63) is 18.7 Å². The van der Waals surface area contributed by atoms with Gasteiger partial charge in [0.2, 0.25) is 16.7 Å². The SMILES string of the molecule is CCCCCn1cc[n+](C)c1.O=S(=O)([O-])O. The second kappa shape index (κ2) is 7.37. The van der Waals surface area contributed by atoms with E-state index >= 15 is 0 Å². The van der Waals surface area contributed by atoms with E-state index in [1.807, 2.05) is 0 Å². The van der Waals surface area contributed by atoms with Crippen molar-refractivity contribution in [3.8, 4) is 0 Å². The molecule has 1 heterocycles. The zero-order chi connectivity index (χ0) is 12.6. The summed E-state index contributed by atoms with van der Waals surface area (Å²) in [6, 6.07) is 0. The third kappa shape index (κ3) is 11.2. The number of unbranched alkanes of at least 4 members (excludes halogenated alkanes) is 2. The Morgan fingerprint density at radius 1 is 1.44 bits per heavy atom. The first-order valence-corrected chi connectivity index (χ1v) is 6.38. The maximum Gasteiger partial charge on any atom is 0.243 e. The molecule has 0 aliphatic heterocycles. The van der Waals surface area contributed by atoms with E-state index in [9.17, 15) is 0 Å². The van der Waals surface area contributed by atoms with Crippen LogP contribution in [0.3, 0.4) is 0 Å². The van der Waals surface area contributed by atoms with Gasteiger partial charge in [-0.05, 0) is 12.8 Å². The number of hydrogen-bond donors (Lipinski definition) is 1. The van der Waals surface area contributed by atoms with Crippen LogP contribution in [0, 0.1) is 0 Å². The number of imidazole rings is 1. The van der Waals surface area contributed by atoms with Crippen molar-refractivity contribution in [2.75, 3.05) is 0 Å². The van der Waals surface area contributed by atoms with Gasteiger partial charge in [-0.25, -0.2) is 17.6 Å². The minimum absolute atomic E-state index is 1.16. The predicted molar refractivity (Wildman–Crippen MR) is 57.5 cm³/mol. The second-order valence-electron chi connectivity index (χ2n) is 3.45. The lowest BCUT2D eigenvalue weighted by Crippen LogP contribution is -2.23. The Hall–Kier alpha value is -0.920. The van der Waals surface area contributed by atoms with E-state index in [2.05, 4.69) is 41.8 Å². The third-order valence-electron chi connectivity index (χ3n) is 1.84. The molecule has 0 aliphatic rings. The molecule has 0 saturated carbocycles. The molecule has 0 saturated heterocycles. The minimum Gasteiger partial charge on any atom is -0.726 e. The van der Waals surface area contributed by atoms with Gasteiger partial charge in [-0.3, -0.25) is 4.55 Å². The van der Waals surface area contributed by atoms with Gasteiger partial charge in [0.15, 0.2) is 0 Å². The van der Waals surface area contributed by atoms with Gasteiger partial charge in [0, 0.05) is 0 Å². The van der Waals surface area contributed by atoms with Crippen molar-refractivity contribution >= 4 is 10.4 Å². The van der Waals surface area contributed by atoms with E-state index in [4.69, 9.17) is 17.5 Å². The normalized spacial score (nSPS) is 10.8. The molecule has 94 valence electrons. The van der Waals surface area contributed by atoms with Gasteiger partial charge in [-0.2, -0.15) is 0 Å². The summed E-state index contributed by atoms with van der Waals surface area (Å²) in [6.07, 6.45) is 10.2. The predicted octanol–water partition coefficient (Wildman–Crippen LogP) is 0.507. The fourth-order valence-electron chi connectivity index (χ4n) is 1.18. The highest BCUT2D eigenvalue weighted by molar-refractivity contribution is 7.79. The molecule has 0 bridgehead atoms. The maximum atomic E-state index is 8.63. The second-order valence-corrected chi connectivity index (χ2v) is 4.31. The van der Waals surface area contributed by atoms with Crippen LogP contribution in [0.15, 0.2) is 18.7 Å². The number of aryl methyl sites for hydroxylation is 2. The molecule has 1 aromatic rings. The smallest absolute Gasteiger partial charge is 0.243 e. The number of aromatic nitrogens is 2. The van der Waals surface area contributed by atoms with Crippen molar-refractivity contribution in [1.29, 1.82) is 0 Å². The van der Waals surface area contributed by atoms with Crippen LogP contribution in [-0.2, 0) is 24.0 Å². The quantitative estimate of drug-likeness (QED) is 0.365. The van der Waals surface area contributed by atoms with Crippen LogP contribution in [0.25, 0.3) is 0 Å². The third-order valence-corrected chi connectivity index (χ3v) is 1.84. The van der Waals surface area contributed by atoms with E-state index in [0.29, 0.717) is 0 Å². The molecule has 6 nitrogen and oxygen atoms in total. The molecule has 1 N–H and O–H groups in total. The van der Waals surface area contributed by atoms with Crippen LogP contribution in [0.5, 0.6) is 0 Å². The highest BCUT2D eigenvalue weighted by Gasteiger charge is 1.97. The minimum atomic E-state index is -4.92. The molecule has 0 aromatic carbocycles. The Kier molecular flexibility index (Phi) is 6.95. The van der Waals surface area contributed by atoms with Crippen LogP contribution < -0.4 is 4.57 Å². The van der Waals surface area contributed by atoms with Crippen molar-refractivity contribution in [1.82, 2.24) is 4.57 Å². The monoisotopic (exact) mass is 250 g/mol. The lowest BCUT2D eigenvalue weighted by Gasteiger charge is -1.93. The van der Waals surface area contributed by atoms with Gasteiger partial charge in [-0.1, -0.05) is 13.3 Å². The average molecular weight is 250 g/mol. The number of rotatable bonds is 4. The number of hydrogen-bond acceptors (Lipinski definition) is 3. The van der Waals surface area contributed by atoms with Gasteiger partial charge in [-0.15, -0.1) is 0 Å². The molecular formula is C9H18N2O4S. The van der Waals surface area contributed by atoms with Gasteiger partial charge in [0.05, 0.1) is 13.6 Å². The van der Waals surface area contributed by atoms with Crippen molar-refractivity contribution in [2.45, 2.75) is 32.7 Å². The first-order chi connectivity index (χ1) is 7.33. The average Bonchev–Trinajstić information content (AvgIpc) is 2.49. The summed E-state index contributed by atoms with van der Waals surface area (Å²) in [5.41, 5.74) is 0. The van der Waals surface area contributed by atoms with E-state index in [-0.39, 0.29) is 0 Å². The molecular weight excluding hydrogens is 232 g/mol. The summed E-state index contributed by atoms with van der Waals surface area (Å²) in [5, 5.41) is 0. The fraction of sp³-hybridized carbons (Fsp3) is 0.667. The molecule has 0 fully saturated rings. The Morgan fingerprint density at radius 2 is 2.00 bits per heavy atom.